The molecular formula is C9H23N2O2P. The van der Waals surface area contributed by atoms with Gasteiger partial charge in [0.05, 0.1) is 0 Å². The van der Waals surface area contributed by atoms with Gasteiger partial charge in [0.15, 0.2) is 0 Å². The summed E-state index contributed by atoms with van der Waals surface area (Å²) in [6, 6.07) is 0. The zero-order valence-corrected chi connectivity index (χ0v) is 10.9. The number of hydrogen-bond acceptors (Lipinski definition) is 3. The third kappa shape index (κ3) is 4.09. The summed E-state index contributed by atoms with van der Waals surface area (Å²) in [5, 5.41) is 0. The molecule has 1 fully saturated rings. The highest BCUT2D eigenvalue weighted by molar-refractivity contribution is 7.55. The molecule has 1 rings (SSSR count). The van der Waals surface area contributed by atoms with Crippen LogP contribution in [-0.2, 0) is 9.09 Å². The predicted octanol–water partition coefficient (Wildman–Crippen LogP) is 1.73. The van der Waals surface area contributed by atoms with Gasteiger partial charge in [-0.05, 0) is 7.05 Å². The largest absolute Gasteiger partial charge is 0.321 e. The Kier molecular flexibility index (Phi) is 6.62. The second-order valence-electron chi connectivity index (χ2n) is 3.24. The second-order valence-corrected chi connectivity index (χ2v) is 5.78. The molecular weight excluding hydrogens is 199 g/mol. The molecule has 1 atom stereocenters. The van der Waals surface area contributed by atoms with Gasteiger partial charge >= 0.3 is 0 Å². The van der Waals surface area contributed by atoms with Crippen molar-refractivity contribution >= 4 is 7.52 Å². The normalized spacial score (nSPS) is 23.5. The van der Waals surface area contributed by atoms with E-state index in [1.54, 1.807) is 6.66 Å². The quantitative estimate of drug-likeness (QED) is 0.666. The van der Waals surface area contributed by atoms with Crippen LogP contribution in [0.1, 0.15) is 13.8 Å². The van der Waals surface area contributed by atoms with Crippen molar-refractivity contribution in [1.29, 1.82) is 0 Å². The highest BCUT2D eigenvalue weighted by Gasteiger charge is 2.27. The van der Waals surface area contributed by atoms with Gasteiger partial charge in [0.2, 0.25) is 0 Å². The van der Waals surface area contributed by atoms with Gasteiger partial charge in [-0.2, -0.15) is 0 Å². The van der Waals surface area contributed by atoms with E-state index < -0.39 is 7.52 Å². The van der Waals surface area contributed by atoms with Gasteiger partial charge in [0, 0.05) is 40.0 Å². The molecule has 1 heterocycles. The molecule has 86 valence electrons. The van der Waals surface area contributed by atoms with Crippen LogP contribution in [0.3, 0.4) is 0 Å². The highest BCUT2D eigenvalue weighted by atomic mass is 31.2. The van der Waals surface area contributed by atoms with Gasteiger partial charge in [-0.25, -0.2) is 4.67 Å². The predicted molar refractivity (Wildman–Crippen MR) is 61.0 cm³/mol. The van der Waals surface area contributed by atoms with Crippen LogP contribution in [0.4, 0.5) is 0 Å². The number of likely N-dealkylation sites (N-methyl/N-ethyl adjacent to an activating group) is 1. The van der Waals surface area contributed by atoms with Crippen molar-refractivity contribution in [2.24, 2.45) is 0 Å². The van der Waals surface area contributed by atoms with Crippen LogP contribution in [0.15, 0.2) is 0 Å². The Labute approximate surface area is 87.7 Å². The van der Waals surface area contributed by atoms with E-state index >= 15 is 0 Å². The molecule has 1 saturated heterocycles. The van der Waals surface area contributed by atoms with Crippen LogP contribution < -0.4 is 0 Å². The van der Waals surface area contributed by atoms with E-state index in [9.17, 15) is 4.57 Å². The van der Waals surface area contributed by atoms with E-state index in [2.05, 4.69) is 11.9 Å². The van der Waals surface area contributed by atoms with Crippen molar-refractivity contribution in [1.82, 2.24) is 9.57 Å². The van der Waals surface area contributed by atoms with Crippen LogP contribution in [0.5, 0.6) is 0 Å². The monoisotopic (exact) mass is 222 g/mol. The third-order valence-electron chi connectivity index (χ3n) is 2.33. The van der Waals surface area contributed by atoms with Crippen LogP contribution in [0.25, 0.3) is 0 Å². The first-order valence-electron chi connectivity index (χ1n) is 5.13. The van der Waals surface area contributed by atoms with Crippen molar-refractivity contribution in [2.45, 2.75) is 13.8 Å². The molecule has 1 unspecified atom stereocenters. The van der Waals surface area contributed by atoms with Gasteiger partial charge in [-0.3, -0.25) is 4.57 Å². The average Bonchev–Trinajstić information content (AvgIpc) is 2.21. The minimum Gasteiger partial charge on any atom is -0.321 e. The first-order valence-corrected chi connectivity index (χ1v) is 7.16. The lowest BCUT2D eigenvalue weighted by atomic mass is 10.4. The molecule has 0 amide bonds. The Morgan fingerprint density at radius 2 is 1.57 bits per heavy atom. The SMILES string of the molecule is CC.COP(C)(=O)N1CCN(C)CC1. The van der Waals surface area contributed by atoms with Crippen molar-refractivity contribution in [3.8, 4) is 0 Å². The maximum Gasteiger partial charge on any atom is 0.269 e. The summed E-state index contributed by atoms with van der Waals surface area (Å²) in [5.74, 6) is 0. The van der Waals surface area contributed by atoms with Gasteiger partial charge in [-0.15, -0.1) is 0 Å². The van der Waals surface area contributed by atoms with E-state index in [0.717, 1.165) is 26.2 Å². The topological polar surface area (TPSA) is 32.8 Å². The molecule has 0 aromatic carbocycles. The molecule has 0 bridgehead atoms. The number of piperazine rings is 1. The molecule has 14 heavy (non-hydrogen) atoms. The molecule has 0 aromatic heterocycles. The van der Waals surface area contributed by atoms with E-state index in [4.69, 9.17) is 4.52 Å². The van der Waals surface area contributed by atoms with Gasteiger partial charge in [0.25, 0.3) is 7.52 Å². The lowest BCUT2D eigenvalue weighted by molar-refractivity contribution is 0.201. The van der Waals surface area contributed by atoms with Crippen LogP contribution >= 0.6 is 7.52 Å². The van der Waals surface area contributed by atoms with Crippen molar-refractivity contribution in [3.05, 3.63) is 0 Å². The Bertz CT molecular complexity index is 191. The summed E-state index contributed by atoms with van der Waals surface area (Å²) in [4.78, 5) is 2.23. The smallest absolute Gasteiger partial charge is 0.269 e. The molecule has 0 aliphatic carbocycles. The highest BCUT2D eigenvalue weighted by Crippen LogP contribution is 2.45. The van der Waals surface area contributed by atoms with E-state index in [0.29, 0.717) is 0 Å². The molecule has 0 N–H and O–H groups in total. The molecule has 0 radical (unpaired) electrons. The lowest BCUT2D eigenvalue weighted by Crippen LogP contribution is -2.42. The average molecular weight is 222 g/mol. The standard InChI is InChI=1S/C7H17N2O2P.C2H6/c1-8-4-6-9(7-5-8)12(3,10)11-2;1-2/h4-7H2,1-3H3;1-2H3. The number of rotatable bonds is 2. The van der Waals surface area contributed by atoms with Crippen LogP contribution in [0, 0.1) is 0 Å². The van der Waals surface area contributed by atoms with Crippen molar-refractivity contribution in [3.63, 3.8) is 0 Å². The summed E-state index contributed by atoms with van der Waals surface area (Å²) in [5.41, 5.74) is 0. The number of nitrogens with zero attached hydrogens (tertiary/aromatic N) is 2. The zero-order chi connectivity index (χ0) is 11.2. The fourth-order valence-electron chi connectivity index (χ4n) is 1.27. The summed E-state index contributed by atoms with van der Waals surface area (Å²) >= 11 is 0. The Hall–Kier alpha value is 0.110. The summed E-state index contributed by atoms with van der Waals surface area (Å²) in [7, 11) is 1.12. The van der Waals surface area contributed by atoms with Gasteiger partial charge in [0.1, 0.15) is 0 Å². The minimum atomic E-state index is -2.47. The summed E-state index contributed by atoms with van der Waals surface area (Å²) in [6.45, 7) is 9.32. The lowest BCUT2D eigenvalue weighted by Gasteiger charge is -2.34. The first kappa shape index (κ1) is 14.1. The first-order chi connectivity index (χ1) is 6.56. The van der Waals surface area contributed by atoms with Gasteiger partial charge in [-0.1, -0.05) is 13.8 Å². The Balaban J connectivity index is 0.000000791. The Morgan fingerprint density at radius 3 is 1.93 bits per heavy atom. The zero-order valence-electron chi connectivity index (χ0n) is 9.99. The molecule has 0 saturated carbocycles. The maximum atomic E-state index is 11.7. The molecule has 4 nitrogen and oxygen atoms in total. The fourth-order valence-corrected chi connectivity index (χ4v) is 2.41. The summed E-state index contributed by atoms with van der Waals surface area (Å²) in [6.07, 6.45) is 0. The van der Waals surface area contributed by atoms with Crippen LogP contribution in [-0.4, -0.2) is 56.6 Å². The molecule has 0 spiro atoms. The third-order valence-corrected chi connectivity index (χ3v) is 4.44. The van der Waals surface area contributed by atoms with Crippen molar-refractivity contribution in [2.75, 3.05) is 47.0 Å². The van der Waals surface area contributed by atoms with Crippen molar-refractivity contribution < 1.29 is 9.09 Å². The summed E-state index contributed by atoms with van der Waals surface area (Å²) < 4.78 is 18.6. The molecule has 5 heteroatoms. The molecule has 1 aliphatic heterocycles. The van der Waals surface area contributed by atoms with E-state index in [1.807, 2.05) is 18.5 Å². The molecule has 0 aromatic rings. The van der Waals surface area contributed by atoms with E-state index in [1.165, 1.54) is 7.11 Å². The fraction of sp³-hybridized carbons (Fsp3) is 1.00. The maximum absolute atomic E-state index is 11.7. The number of hydrogen-bond donors (Lipinski definition) is 0. The minimum absolute atomic E-state index is 0.845. The second kappa shape index (κ2) is 6.57. The Morgan fingerprint density at radius 1 is 1.14 bits per heavy atom. The van der Waals surface area contributed by atoms with E-state index in [-0.39, 0.29) is 0 Å². The van der Waals surface area contributed by atoms with Gasteiger partial charge < -0.3 is 9.42 Å². The molecule has 1 aliphatic rings. The van der Waals surface area contributed by atoms with Crippen LogP contribution in [0.2, 0.25) is 0 Å².